The average Bonchev–Trinajstić information content (AvgIpc) is 3.49. The fraction of sp³-hybridized carbons (Fsp3) is 0.308. The van der Waals surface area contributed by atoms with Gasteiger partial charge in [0.05, 0.1) is 17.9 Å². The van der Waals surface area contributed by atoms with Gasteiger partial charge in [-0.25, -0.2) is 0 Å². The highest BCUT2D eigenvalue weighted by molar-refractivity contribution is 9.10. The number of amides is 1. The van der Waals surface area contributed by atoms with Crippen molar-refractivity contribution in [2.75, 3.05) is 18.1 Å². The summed E-state index contributed by atoms with van der Waals surface area (Å²) in [6.07, 6.45) is 4.65. The van der Waals surface area contributed by atoms with Gasteiger partial charge >= 0.3 is 0 Å². The molecule has 0 saturated heterocycles. The van der Waals surface area contributed by atoms with Crippen LogP contribution in [-0.2, 0) is 4.79 Å². The molecule has 0 unspecified atom stereocenters. The molecule has 0 spiro atoms. The molecule has 0 bridgehead atoms. The third kappa shape index (κ3) is 4.38. The van der Waals surface area contributed by atoms with Gasteiger partial charge in [0.2, 0.25) is 4.96 Å². The molecule has 4 aromatic rings. The van der Waals surface area contributed by atoms with Crippen LogP contribution in [-0.4, -0.2) is 33.7 Å². The van der Waals surface area contributed by atoms with Crippen LogP contribution in [0.25, 0.3) is 21.9 Å². The summed E-state index contributed by atoms with van der Waals surface area (Å²) in [5, 5.41) is 4.45. The Balaban J connectivity index is 1.46. The maximum atomic E-state index is 13.3. The minimum atomic E-state index is -0.331. The molecule has 180 valence electrons. The van der Waals surface area contributed by atoms with E-state index in [4.69, 9.17) is 4.74 Å². The van der Waals surface area contributed by atoms with Crippen LogP contribution in [0.4, 0.5) is 5.69 Å². The van der Waals surface area contributed by atoms with Crippen molar-refractivity contribution in [3.63, 3.8) is 0 Å². The topological polar surface area (TPSA) is 76.8 Å². The van der Waals surface area contributed by atoms with Crippen molar-refractivity contribution in [2.24, 2.45) is 0 Å². The predicted molar refractivity (Wildman–Crippen MR) is 142 cm³/mol. The second kappa shape index (κ2) is 9.91. The van der Waals surface area contributed by atoms with Crippen LogP contribution >= 0.6 is 27.3 Å². The van der Waals surface area contributed by atoms with Gasteiger partial charge in [-0.15, -0.1) is 5.10 Å². The molecule has 2 aromatic carbocycles. The second-order valence-electron chi connectivity index (χ2n) is 8.39. The molecule has 1 amide bonds. The minimum Gasteiger partial charge on any atom is -0.494 e. The van der Waals surface area contributed by atoms with E-state index >= 15 is 0 Å². The highest BCUT2D eigenvalue weighted by Gasteiger charge is 2.33. The molecule has 3 heterocycles. The fourth-order valence-electron chi connectivity index (χ4n) is 4.26. The Morgan fingerprint density at radius 1 is 1.03 bits per heavy atom. The molecule has 0 aliphatic carbocycles. The van der Waals surface area contributed by atoms with Crippen molar-refractivity contribution in [1.82, 2.24) is 14.6 Å². The Labute approximate surface area is 215 Å². The summed E-state index contributed by atoms with van der Waals surface area (Å²) < 4.78 is 8.31. The van der Waals surface area contributed by atoms with E-state index in [-0.39, 0.29) is 11.5 Å². The summed E-state index contributed by atoms with van der Waals surface area (Å²) in [7, 11) is 0. The molecule has 1 aliphatic heterocycles. The van der Waals surface area contributed by atoms with Gasteiger partial charge in [0.15, 0.2) is 5.82 Å². The van der Waals surface area contributed by atoms with Crippen LogP contribution in [0, 0.1) is 0 Å². The number of likely N-dealkylation sites (N-methyl/N-ethyl adjacent to an activating group) is 1. The highest BCUT2D eigenvalue weighted by Crippen LogP contribution is 2.37. The van der Waals surface area contributed by atoms with Crippen molar-refractivity contribution in [3.05, 3.63) is 67.4 Å². The third-order valence-electron chi connectivity index (χ3n) is 6.06. The zero-order valence-corrected chi connectivity index (χ0v) is 22.0. The zero-order chi connectivity index (χ0) is 24.5. The van der Waals surface area contributed by atoms with E-state index < -0.39 is 0 Å². The second-order valence-corrected chi connectivity index (χ2v) is 10.3. The third-order valence-corrected chi connectivity index (χ3v) is 7.58. The summed E-state index contributed by atoms with van der Waals surface area (Å²) in [4.78, 5) is 33.2. The van der Waals surface area contributed by atoms with Crippen LogP contribution in [0.3, 0.4) is 0 Å². The molecule has 5 rings (SSSR count). The smallest absolute Gasteiger partial charge is 0.291 e. The first-order chi connectivity index (χ1) is 17.0. The van der Waals surface area contributed by atoms with E-state index in [1.54, 1.807) is 4.90 Å². The van der Waals surface area contributed by atoms with Gasteiger partial charge in [0.1, 0.15) is 10.3 Å². The first-order valence-corrected chi connectivity index (χ1v) is 13.4. The molecular weight excluding hydrogens is 528 g/mol. The van der Waals surface area contributed by atoms with E-state index in [9.17, 15) is 9.59 Å². The number of carbonyl (C=O) groups excluding carboxylic acids is 1. The zero-order valence-electron chi connectivity index (χ0n) is 19.6. The van der Waals surface area contributed by atoms with E-state index in [0.717, 1.165) is 33.5 Å². The van der Waals surface area contributed by atoms with Crippen molar-refractivity contribution in [1.29, 1.82) is 0 Å². The quantitative estimate of drug-likeness (QED) is 0.293. The number of ether oxygens (including phenoxy) is 1. The molecule has 7 nitrogen and oxygen atoms in total. The molecule has 0 saturated carbocycles. The van der Waals surface area contributed by atoms with Gasteiger partial charge in [0, 0.05) is 22.1 Å². The first kappa shape index (κ1) is 23.7. The molecule has 0 fully saturated rings. The van der Waals surface area contributed by atoms with E-state index in [1.165, 1.54) is 35.1 Å². The number of rotatable bonds is 8. The monoisotopic (exact) mass is 552 g/mol. The largest absolute Gasteiger partial charge is 0.494 e. The number of halogens is 1. The molecule has 0 N–H and O–H groups in total. The predicted octanol–water partition coefficient (Wildman–Crippen LogP) is 4.82. The Morgan fingerprint density at radius 3 is 2.54 bits per heavy atom. The van der Waals surface area contributed by atoms with E-state index in [1.807, 2.05) is 49.4 Å². The van der Waals surface area contributed by atoms with Gasteiger partial charge in [-0.2, -0.15) is 9.50 Å². The van der Waals surface area contributed by atoms with Crippen molar-refractivity contribution in [2.45, 2.75) is 39.5 Å². The van der Waals surface area contributed by atoms with Crippen molar-refractivity contribution < 1.29 is 9.53 Å². The standard InChI is InChI=1S/C26H25BrN4O3S/c1-3-5-6-7-14-34-18-11-8-16(9-12-18)23-28-26-31(29-23)25(33)22(35-26)21-19-15-17(27)10-13-20(19)30(4-2)24(21)32/h8-13,15H,3-7,14H2,1-2H3/b22-21-. The van der Waals surface area contributed by atoms with Crippen LogP contribution in [0.1, 0.15) is 45.1 Å². The van der Waals surface area contributed by atoms with Crippen molar-refractivity contribution >= 4 is 49.4 Å². The van der Waals surface area contributed by atoms with Crippen LogP contribution in [0.5, 0.6) is 5.75 Å². The van der Waals surface area contributed by atoms with Gasteiger partial charge in [-0.1, -0.05) is 53.5 Å². The Kier molecular flexibility index (Phi) is 6.71. The summed E-state index contributed by atoms with van der Waals surface area (Å²) in [6.45, 7) is 5.33. The Hall–Kier alpha value is -3.04. The molecular formula is C26H25BrN4O3S. The van der Waals surface area contributed by atoms with Gasteiger partial charge in [-0.05, 0) is 55.8 Å². The number of anilines is 1. The molecule has 35 heavy (non-hydrogen) atoms. The number of nitrogens with zero attached hydrogens (tertiary/aromatic N) is 4. The van der Waals surface area contributed by atoms with Crippen molar-refractivity contribution in [3.8, 4) is 17.1 Å². The number of hydrogen-bond acceptors (Lipinski definition) is 6. The highest BCUT2D eigenvalue weighted by atomic mass is 79.9. The molecule has 1 aliphatic rings. The van der Waals surface area contributed by atoms with Gasteiger partial charge < -0.3 is 9.64 Å². The summed E-state index contributed by atoms with van der Waals surface area (Å²) in [6, 6.07) is 13.3. The SMILES string of the molecule is CCCCCCOc1ccc(-c2nc3s/c(=C4\C(=O)N(CC)c5ccc(Br)cc54)c(=O)n3n2)cc1. The lowest BCUT2D eigenvalue weighted by atomic mass is 10.1. The average molecular weight is 553 g/mol. The summed E-state index contributed by atoms with van der Waals surface area (Å²) in [5.41, 5.74) is 2.44. The molecule has 9 heteroatoms. The fourth-order valence-corrected chi connectivity index (χ4v) is 5.62. The van der Waals surface area contributed by atoms with E-state index in [0.29, 0.717) is 34.0 Å². The number of carbonyl (C=O) groups is 1. The lowest BCUT2D eigenvalue weighted by molar-refractivity contribution is -0.113. The molecule has 0 radical (unpaired) electrons. The summed E-state index contributed by atoms with van der Waals surface area (Å²) in [5.74, 6) is 1.10. The number of unbranched alkanes of at least 4 members (excludes halogenated alkanes) is 3. The summed E-state index contributed by atoms with van der Waals surface area (Å²) >= 11 is 4.68. The number of benzene rings is 2. The maximum absolute atomic E-state index is 13.3. The molecule has 2 aromatic heterocycles. The molecule has 0 atom stereocenters. The van der Waals surface area contributed by atoms with Gasteiger partial charge in [0.25, 0.3) is 11.5 Å². The normalized spacial score (nSPS) is 14.7. The van der Waals surface area contributed by atoms with Crippen LogP contribution in [0.2, 0.25) is 0 Å². The Morgan fingerprint density at radius 2 is 1.83 bits per heavy atom. The minimum absolute atomic E-state index is 0.173. The number of hydrogen-bond donors (Lipinski definition) is 0. The lowest BCUT2D eigenvalue weighted by Gasteiger charge is -2.13. The van der Waals surface area contributed by atoms with Crippen LogP contribution in [0.15, 0.2) is 51.7 Å². The van der Waals surface area contributed by atoms with E-state index in [2.05, 4.69) is 32.9 Å². The number of fused-ring (bicyclic) bond motifs is 2. The number of thiazole rings is 1. The Bertz CT molecular complexity index is 1510. The maximum Gasteiger partial charge on any atom is 0.291 e. The lowest BCUT2D eigenvalue weighted by Crippen LogP contribution is -2.32. The first-order valence-electron chi connectivity index (χ1n) is 11.8. The van der Waals surface area contributed by atoms with Crippen LogP contribution < -0.4 is 19.7 Å². The number of aromatic nitrogens is 3. The van der Waals surface area contributed by atoms with Gasteiger partial charge in [-0.3, -0.25) is 9.59 Å².